The number of benzene rings is 1. The second-order valence-corrected chi connectivity index (χ2v) is 11.8. The molecule has 5 N–H and O–H groups in total. The summed E-state index contributed by atoms with van der Waals surface area (Å²) < 4.78 is 37.1. The summed E-state index contributed by atoms with van der Waals surface area (Å²) in [6.07, 6.45) is -3.22. The van der Waals surface area contributed by atoms with Gasteiger partial charge in [-0.3, -0.25) is 13.9 Å². The van der Waals surface area contributed by atoms with Crippen LogP contribution in [0.15, 0.2) is 41.3 Å². The van der Waals surface area contributed by atoms with Crippen molar-refractivity contribution in [3.63, 3.8) is 0 Å². The van der Waals surface area contributed by atoms with Crippen LogP contribution in [0.5, 0.6) is 5.75 Å². The lowest BCUT2D eigenvalue weighted by Gasteiger charge is -2.27. The van der Waals surface area contributed by atoms with Gasteiger partial charge in [0, 0.05) is 6.20 Å². The molecule has 37 heavy (non-hydrogen) atoms. The maximum absolute atomic E-state index is 13.7. The molecule has 0 amide bonds. The number of hydrogen-bond acceptors (Lipinski definition) is 11. The fraction of sp³-hybridized carbons (Fsp3) is 0.500. The van der Waals surface area contributed by atoms with E-state index in [1.54, 1.807) is 44.2 Å². The Labute approximate surface area is 227 Å². The highest BCUT2D eigenvalue weighted by Crippen LogP contribution is 2.47. The van der Waals surface area contributed by atoms with Gasteiger partial charge in [-0.25, -0.2) is 9.36 Å². The third kappa shape index (κ3) is 7.07. The monoisotopic (exact) mass is 652 g/mol. The second kappa shape index (κ2) is 11.8. The van der Waals surface area contributed by atoms with Crippen molar-refractivity contribution in [3.05, 3.63) is 50.6 Å². The van der Waals surface area contributed by atoms with Gasteiger partial charge in [-0.2, -0.15) is 10.1 Å². The van der Waals surface area contributed by atoms with Crippen LogP contribution >= 0.6 is 30.3 Å². The molecule has 6 atom stereocenters. The summed E-state index contributed by atoms with van der Waals surface area (Å²) in [5, 5.41) is 24.3. The van der Waals surface area contributed by atoms with Crippen LogP contribution in [-0.4, -0.2) is 62.3 Å². The van der Waals surface area contributed by atoms with E-state index < -0.39 is 62.2 Å². The molecule has 1 saturated heterocycles. The number of anilines is 1. The Morgan fingerprint density at radius 2 is 2.00 bits per heavy atom. The highest BCUT2D eigenvalue weighted by molar-refractivity contribution is 14.1. The van der Waals surface area contributed by atoms with Gasteiger partial charge < -0.3 is 29.9 Å². The van der Waals surface area contributed by atoms with Crippen molar-refractivity contribution in [1.82, 2.24) is 14.6 Å². The normalized spacial score (nSPS) is 26.0. The van der Waals surface area contributed by atoms with E-state index in [-0.39, 0.29) is 11.6 Å². The van der Waals surface area contributed by atoms with E-state index in [0.29, 0.717) is 3.57 Å². The molecule has 1 fully saturated rings. The average Bonchev–Trinajstić information content (AvgIpc) is 3.03. The predicted octanol–water partition coefficient (Wildman–Crippen LogP) is 1.57. The van der Waals surface area contributed by atoms with Crippen LogP contribution in [0.1, 0.15) is 33.9 Å². The summed E-state index contributed by atoms with van der Waals surface area (Å²) in [4.78, 5) is 28.4. The summed E-state index contributed by atoms with van der Waals surface area (Å²) in [6.45, 7) is 5.51. The van der Waals surface area contributed by atoms with Crippen LogP contribution in [0, 0.1) is 3.57 Å². The van der Waals surface area contributed by atoms with Crippen molar-refractivity contribution in [2.45, 2.75) is 63.9 Å². The fourth-order valence-corrected chi connectivity index (χ4v) is 5.43. The zero-order valence-corrected chi connectivity index (χ0v) is 23.7. The van der Waals surface area contributed by atoms with E-state index in [4.69, 9.17) is 24.3 Å². The Morgan fingerprint density at radius 3 is 2.62 bits per heavy atom. The zero-order chi connectivity index (χ0) is 27.5. The summed E-state index contributed by atoms with van der Waals surface area (Å²) in [7, 11) is -4.25. The van der Waals surface area contributed by atoms with Gasteiger partial charge in [-0.05, 0) is 62.4 Å². The first-order valence-electron chi connectivity index (χ1n) is 11.3. The molecular formula is C22H30IN4O9P. The standard InChI is InChI=1S/C22H30IN4O9P/c1-12(2)34-19(29)13(3)26-37(32,36-14-8-6-5-7-9-14)33-11-16-17(28)22(4,31)20(35-16)27-10-15(23)18(24)25-21(27)30/h5-10,12-13,16-17,20,28,31H,11H2,1-4H3,(H,26,32)(H2,24,25,30)/t13-,16-,17-,20-,22-,37?/m1/s1. The maximum atomic E-state index is 13.7. The molecule has 15 heteroatoms. The number of ether oxygens (including phenoxy) is 2. The highest BCUT2D eigenvalue weighted by atomic mass is 127. The van der Waals surface area contributed by atoms with E-state index in [0.717, 1.165) is 4.57 Å². The number of nitrogens with zero attached hydrogens (tertiary/aromatic N) is 2. The molecule has 0 saturated carbocycles. The van der Waals surface area contributed by atoms with E-state index in [1.807, 2.05) is 22.6 Å². The van der Waals surface area contributed by atoms with Gasteiger partial charge in [-0.15, -0.1) is 0 Å². The Bertz CT molecular complexity index is 1210. The smallest absolute Gasteiger partial charge is 0.459 e. The maximum Gasteiger partial charge on any atom is 0.459 e. The van der Waals surface area contributed by atoms with Gasteiger partial charge in [-0.1, -0.05) is 18.2 Å². The molecule has 2 heterocycles. The Morgan fingerprint density at radius 1 is 1.35 bits per heavy atom. The van der Waals surface area contributed by atoms with Crippen LogP contribution in [0.4, 0.5) is 5.82 Å². The number of aromatic nitrogens is 2. The Hall–Kier alpha value is -2.07. The van der Waals surface area contributed by atoms with Crippen LogP contribution in [0.25, 0.3) is 0 Å². The van der Waals surface area contributed by atoms with Gasteiger partial charge in [0.1, 0.15) is 35.4 Å². The summed E-state index contributed by atoms with van der Waals surface area (Å²) in [5.41, 5.74) is 2.92. The lowest BCUT2D eigenvalue weighted by atomic mass is 9.96. The number of nitrogen functional groups attached to an aromatic ring is 1. The first-order valence-corrected chi connectivity index (χ1v) is 13.9. The molecule has 3 rings (SSSR count). The summed E-state index contributed by atoms with van der Waals surface area (Å²) >= 11 is 1.87. The fourth-order valence-electron chi connectivity index (χ4n) is 3.51. The SMILES string of the molecule is CC(C)OC(=O)[C@@H](C)NP(=O)(OC[C@H]1O[C@@H](n2cc(I)c(N)nc2=O)[C@](C)(O)[C@@H]1O)Oc1ccccc1. The molecule has 2 aromatic rings. The topological polar surface area (TPSA) is 184 Å². The van der Waals surface area contributed by atoms with E-state index in [2.05, 4.69) is 10.1 Å². The van der Waals surface area contributed by atoms with Gasteiger partial charge in [0.2, 0.25) is 0 Å². The molecule has 1 aromatic carbocycles. The van der Waals surface area contributed by atoms with Crippen LogP contribution < -0.4 is 21.0 Å². The first-order chi connectivity index (χ1) is 17.2. The number of hydrogen-bond donors (Lipinski definition) is 4. The Balaban J connectivity index is 1.81. The molecule has 1 aliphatic rings. The molecule has 0 spiro atoms. The lowest BCUT2D eigenvalue weighted by molar-refractivity contribution is -0.149. The van der Waals surface area contributed by atoms with Gasteiger partial charge >= 0.3 is 19.4 Å². The van der Waals surface area contributed by atoms with Gasteiger partial charge in [0.25, 0.3) is 0 Å². The molecule has 13 nitrogen and oxygen atoms in total. The number of halogens is 1. The molecular weight excluding hydrogens is 622 g/mol. The van der Waals surface area contributed by atoms with Crippen molar-refractivity contribution < 1.29 is 38.1 Å². The number of nitrogens with one attached hydrogen (secondary N) is 1. The minimum absolute atomic E-state index is 0.00936. The molecule has 204 valence electrons. The number of carbonyl (C=O) groups is 1. The molecule has 1 aromatic heterocycles. The van der Waals surface area contributed by atoms with Gasteiger partial charge in [0.15, 0.2) is 6.23 Å². The van der Waals surface area contributed by atoms with E-state index >= 15 is 0 Å². The molecule has 1 aliphatic heterocycles. The third-order valence-electron chi connectivity index (χ3n) is 5.38. The van der Waals surface area contributed by atoms with Crippen LogP contribution in [0.3, 0.4) is 0 Å². The Kier molecular flexibility index (Phi) is 9.37. The van der Waals surface area contributed by atoms with Crippen LogP contribution in [-0.2, 0) is 23.4 Å². The average molecular weight is 652 g/mol. The van der Waals surface area contributed by atoms with Crippen LogP contribution in [0.2, 0.25) is 0 Å². The van der Waals surface area contributed by atoms with Crippen molar-refractivity contribution in [2.24, 2.45) is 0 Å². The zero-order valence-electron chi connectivity index (χ0n) is 20.6. The lowest BCUT2D eigenvalue weighted by Crippen LogP contribution is -2.46. The van der Waals surface area contributed by atoms with E-state index in [1.165, 1.54) is 20.0 Å². The number of esters is 1. The van der Waals surface area contributed by atoms with Gasteiger partial charge in [0.05, 0.1) is 16.3 Å². The van der Waals surface area contributed by atoms with Crippen molar-refractivity contribution >= 4 is 42.1 Å². The minimum Gasteiger partial charge on any atom is -0.462 e. The van der Waals surface area contributed by atoms with Crippen molar-refractivity contribution in [2.75, 3.05) is 12.3 Å². The molecule has 0 radical (unpaired) electrons. The van der Waals surface area contributed by atoms with E-state index in [9.17, 15) is 24.4 Å². The number of aliphatic hydroxyl groups is 2. The largest absolute Gasteiger partial charge is 0.462 e. The molecule has 1 unspecified atom stereocenters. The molecule has 0 aliphatic carbocycles. The minimum atomic E-state index is -4.25. The number of para-hydroxylation sites is 1. The van der Waals surface area contributed by atoms with Crippen molar-refractivity contribution in [1.29, 1.82) is 0 Å². The summed E-state index contributed by atoms with van der Waals surface area (Å²) in [5.74, 6) is -0.481. The predicted molar refractivity (Wildman–Crippen MR) is 141 cm³/mol. The first kappa shape index (κ1) is 29.5. The quantitative estimate of drug-likeness (QED) is 0.165. The number of rotatable bonds is 10. The number of nitrogens with two attached hydrogens (primary N) is 1. The van der Waals surface area contributed by atoms with Crippen molar-refractivity contribution in [3.8, 4) is 5.75 Å². The third-order valence-corrected chi connectivity index (χ3v) is 7.85. The summed E-state index contributed by atoms with van der Waals surface area (Å²) in [6, 6.07) is 7.04. The number of carbonyl (C=O) groups excluding carboxylic acids is 1. The molecule has 0 bridgehead atoms. The second-order valence-electron chi connectivity index (χ2n) is 8.90. The number of aliphatic hydroxyl groups excluding tert-OH is 1. The highest BCUT2D eigenvalue weighted by Gasteiger charge is 2.54.